The Balaban J connectivity index is 1.77. The lowest BCUT2D eigenvalue weighted by Crippen LogP contribution is -2.32. The maximum Gasteiger partial charge on any atom is 0.203 e. The van der Waals surface area contributed by atoms with E-state index in [1.54, 1.807) is 12.1 Å². The van der Waals surface area contributed by atoms with Gasteiger partial charge in [-0.1, -0.05) is 31.4 Å². The second kappa shape index (κ2) is 9.50. The third-order valence-electron chi connectivity index (χ3n) is 4.96. The smallest absolute Gasteiger partial charge is 0.203 e. The van der Waals surface area contributed by atoms with Gasteiger partial charge in [0.2, 0.25) is 7.37 Å². The summed E-state index contributed by atoms with van der Waals surface area (Å²) in [4.78, 5) is 10.2. The number of nitriles is 1. The van der Waals surface area contributed by atoms with E-state index in [4.69, 9.17) is 5.26 Å². The first-order valence-corrected chi connectivity index (χ1v) is 11.1. The number of nitrogens with one attached hydrogen (secondary N) is 1. The Kier molecular flexibility index (Phi) is 7.65. The minimum absolute atomic E-state index is 0.00110. The van der Waals surface area contributed by atoms with Crippen LogP contribution in [0.5, 0.6) is 0 Å². The monoisotopic (exact) mass is 364 g/mol. The highest BCUT2D eigenvalue weighted by Crippen LogP contribution is 2.45. The molecule has 6 heteroatoms. The molecule has 1 aromatic rings. The minimum Gasteiger partial charge on any atom is -0.391 e. The topological polar surface area (TPSA) is 93.3 Å². The summed E-state index contributed by atoms with van der Waals surface area (Å²) in [5, 5.41) is 22.2. The largest absolute Gasteiger partial charge is 0.391 e. The Morgan fingerprint density at radius 3 is 2.52 bits per heavy atom. The van der Waals surface area contributed by atoms with Crippen LogP contribution in [0.1, 0.15) is 56.2 Å². The van der Waals surface area contributed by atoms with Crippen LogP contribution in [0.3, 0.4) is 0 Å². The van der Waals surface area contributed by atoms with Crippen LogP contribution in [0.25, 0.3) is 0 Å². The van der Waals surface area contributed by atoms with Crippen LogP contribution in [0.15, 0.2) is 24.3 Å². The lowest BCUT2D eigenvalue weighted by atomic mass is 9.91. The molecule has 1 fully saturated rings. The van der Waals surface area contributed by atoms with Gasteiger partial charge in [0, 0.05) is 18.7 Å². The summed E-state index contributed by atoms with van der Waals surface area (Å²) >= 11 is 0. The highest BCUT2D eigenvalue weighted by molar-refractivity contribution is 7.58. The third-order valence-corrected chi connectivity index (χ3v) is 7.04. The van der Waals surface area contributed by atoms with Crippen LogP contribution in [0, 0.1) is 17.2 Å². The number of aliphatic hydroxyl groups excluding tert-OH is 1. The first kappa shape index (κ1) is 20.1. The zero-order valence-electron chi connectivity index (χ0n) is 14.9. The van der Waals surface area contributed by atoms with E-state index in [0.29, 0.717) is 17.6 Å². The van der Waals surface area contributed by atoms with E-state index in [2.05, 4.69) is 11.4 Å². The van der Waals surface area contributed by atoms with Crippen molar-refractivity contribution in [3.63, 3.8) is 0 Å². The fraction of sp³-hybridized carbons (Fsp3) is 0.632. The Labute approximate surface area is 150 Å². The fourth-order valence-electron chi connectivity index (χ4n) is 3.52. The second-order valence-electron chi connectivity index (χ2n) is 7.23. The lowest BCUT2D eigenvalue weighted by Gasteiger charge is -2.25. The molecule has 1 aliphatic rings. The molecule has 0 bridgehead atoms. The van der Waals surface area contributed by atoms with Gasteiger partial charge in [-0.05, 0) is 43.4 Å². The third kappa shape index (κ3) is 6.92. The van der Waals surface area contributed by atoms with Gasteiger partial charge in [0.05, 0.1) is 23.9 Å². The van der Waals surface area contributed by atoms with Crippen molar-refractivity contribution in [3.8, 4) is 6.07 Å². The van der Waals surface area contributed by atoms with Gasteiger partial charge in [-0.15, -0.1) is 0 Å². The molecule has 2 rings (SSSR count). The fourth-order valence-corrected chi connectivity index (χ4v) is 5.63. The molecular formula is C19H29N2O3P. The molecule has 5 nitrogen and oxygen atoms in total. The summed E-state index contributed by atoms with van der Waals surface area (Å²) < 4.78 is 12.4. The SMILES string of the molecule is CC(NC[C@H](O)CP(=O)(O)CC1CCCCC1)c1ccc(C#N)cc1. The van der Waals surface area contributed by atoms with E-state index in [9.17, 15) is 14.6 Å². The lowest BCUT2D eigenvalue weighted by molar-refractivity contribution is 0.186. The molecule has 0 heterocycles. The molecule has 3 N–H and O–H groups in total. The van der Waals surface area contributed by atoms with Crippen LogP contribution < -0.4 is 5.32 Å². The average Bonchev–Trinajstić information content (AvgIpc) is 2.59. The Hall–Kier alpha value is -1.18. The number of aliphatic hydroxyl groups is 1. The van der Waals surface area contributed by atoms with Gasteiger partial charge in [0.25, 0.3) is 0 Å². The number of rotatable bonds is 8. The molecule has 138 valence electrons. The quantitative estimate of drug-likeness (QED) is 0.615. The van der Waals surface area contributed by atoms with E-state index in [1.165, 1.54) is 6.42 Å². The zero-order chi connectivity index (χ0) is 18.3. The average molecular weight is 364 g/mol. The van der Waals surface area contributed by atoms with Crippen molar-refractivity contribution in [3.05, 3.63) is 35.4 Å². The molecule has 25 heavy (non-hydrogen) atoms. The summed E-state index contributed by atoms with van der Waals surface area (Å²) in [6.45, 7) is 2.24. The molecule has 0 amide bonds. The highest BCUT2D eigenvalue weighted by Gasteiger charge is 2.28. The zero-order valence-corrected chi connectivity index (χ0v) is 15.8. The van der Waals surface area contributed by atoms with Crippen molar-refractivity contribution >= 4 is 7.37 Å². The van der Waals surface area contributed by atoms with Crippen LogP contribution in [0.4, 0.5) is 0 Å². The maximum atomic E-state index is 12.4. The van der Waals surface area contributed by atoms with Gasteiger partial charge in [0.15, 0.2) is 0 Å². The molecule has 0 aliphatic heterocycles. The molecule has 0 radical (unpaired) electrons. The van der Waals surface area contributed by atoms with E-state index >= 15 is 0 Å². The molecule has 0 spiro atoms. The summed E-state index contributed by atoms with van der Waals surface area (Å²) in [5.41, 5.74) is 1.63. The predicted octanol–water partition coefficient (Wildman–Crippen LogP) is 3.42. The summed E-state index contributed by atoms with van der Waals surface area (Å²) in [6.07, 6.45) is 5.06. The number of hydrogen-bond donors (Lipinski definition) is 3. The Morgan fingerprint density at radius 2 is 1.92 bits per heavy atom. The standard InChI is InChI=1S/C19H29N2O3P/c1-15(18-9-7-16(11-20)8-10-18)21-12-19(22)14-25(23,24)13-17-5-3-2-4-6-17/h7-10,15,17,19,21-22H,2-6,12-14H2,1H3,(H,23,24)/t15?,19-/m0/s1. The van der Waals surface area contributed by atoms with Crippen molar-refractivity contribution in [2.45, 2.75) is 51.2 Å². The molecule has 0 saturated heterocycles. The predicted molar refractivity (Wildman–Crippen MR) is 99.7 cm³/mol. The van der Waals surface area contributed by atoms with Gasteiger partial charge >= 0.3 is 0 Å². The van der Waals surface area contributed by atoms with Crippen LogP contribution in [-0.4, -0.2) is 35.0 Å². The van der Waals surface area contributed by atoms with Crippen molar-refractivity contribution in [1.29, 1.82) is 5.26 Å². The number of hydrogen-bond acceptors (Lipinski definition) is 4. The van der Waals surface area contributed by atoms with E-state index in [-0.39, 0.29) is 18.7 Å². The molecule has 2 unspecified atom stereocenters. The number of nitrogens with zero attached hydrogens (tertiary/aromatic N) is 1. The van der Waals surface area contributed by atoms with E-state index < -0.39 is 13.5 Å². The molecule has 1 aliphatic carbocycles. The minimum atomic E-state index is -3.29. The summed E-state index contributed by atoms with van der Waals surface area (Å²) in [5.74, 6) is 0.335. The molecular weight excluding hydrogens is 335 g/mol. The highest BCUT2D eigenvalue weighted by atomic mass is 31.2. The molecule has 1 aromatic carbocycles. The van der Waals surface area contributed by atoms with Crippen molar-refractivity contribution in [2.75, 3.05) is 18.9 Å². The van der Waals surface area contributed by atoms with Crippen LogP contribution in [-0.2, 0) is 4.57 Å². The number of benzene rings is 1. The van der Waals surface area contributed by atoms with Gasteiger partial charge in [-0.3, -0.25) is 4.57 Å². The van der Waals surface area contributed by atoms with Gasteiger partial charge in [-0.2, -0.15) is 5.26 Å². The maximum absolute atomic E-state index is 12.4. The van der Waals surface area contributed by atoms with Gasteiger partial charge in [-0.25, -0.2) is 0 Å². The summed E-state index contributed by atoms with van der Waals surface area (Å²) in [7, 11) is -3.29. The van der Waals surface area contributed by atoms with Crippen molar-refractivity contribution in [1.82, 2.24) is 5.32 Å². The Morgan fingerprint density at radius 1 is 1.28 bits per heavy atom. The van der Waals surface area contributed by atoms with Gasteiger partial charge in [0.1, 0.15) is 0 Å². The van der Waals surface area contributed by atoms with E-state index in [0.717, 1.165) is 31.2 Å². The molecule has 1 saturated carbocycles. The van der Waals surface area contributed by atoms with Crippen LogP contribution >= 0.6 is 7.37 Å². The molecule has 3 atom stereocenters. The van der Waals surface area contributed by atoms with Crippen LogP contribution in [0.2, 0.25) is 0 Å². The first-order chi connectivity index (χ1) is 11.9. The first-order valence-electron chi connectivity index (χ1n) is 9.12. The molecule has 0 aromatic heterocycles. The van der Waals surface area contributed by atoms with Crippen molar-refractivity contribution < 1.29 is 14.6 Å². The summed E-state index contributed by atoms with van der Waals surface area (Å²) in [6, 6.07) is 9.36. The Bertz CT molecular complexity index is 621. The normalized spacial score (nSPS) is 20.4. The van der Waals surface area contributed by atoms with E-state index in [1.807, 2.05) is 19.1 Å². The van der Waals surface area contributed by atoms with Gasteiger partial charge < -0.3 is 15.3 Å². The second-order valence-corrected chi connectivity index (χ2v) is 9.66. The van der Waals surface area contributed by atoms with Crippen molar-refractivity contribution in [2.24, 2.45) is 5.92 Å².